The van der Waals surface area contributed by atoms with Crippen LogP contribution in [0.4, 0.5) is 5.69 Å². The number of rotatable bonds is 9. The molecule has 1 aliphatic carbocycles. The van der Waals surface area contributed by atoms with Crippen molar-refractivity contribution in [3.05, 3.63) is 53.6 Å². The maximum Gasteiger partial charge on any atom is 0.330 e. The van der Waals surface area contributed by atoms with Crippen molar-refractivity contribution in [2.45, 2.75) is 44.4 Å². The molecule has 2 aromatic rings. The van der Waals surface area contributed by atoms with Crippen LogP contribution in [-0.2, 0) is 4.79 Å². The monoisotopic (exact) mass is 413 g/mol. The second kappa shape index (κ2) is 9.49. The Morgan fingerprint density at radius 3 is 2.50 bits per heavy atom. The number of nitrogens with one attached hydrogen (secondary N) is 2. The van der Waals surface area contributed by atoms with Crippen LogP contribution in [0.5, 0.6) is 11.5 Å². The van der Waals surface area contributed by atoms with Gasteiger partial charge in [-0.25, -0.2) is 4.79 Å². The van der Waals surface area contributed by atoms with Crippen LogP contribution in [0.15, 0.2) is 42.5 Å². The third kappa shape index (κ3) is 5.21. The Balaban J connectivity index is 1.88. The summed E-state index contributed by atoms with van der Waals surface area (Å²) in [7, 11) is 0. The van der Waals surface area contributed by atoms with Crippen molar-refractivity contribution in [2.75, 3.05) is 11.9 Å². The molecule has 3 unspecified atom stereocenters. The number of carboxylic acid groups (broad SMARTS) is 1. The van der Waals surface area contributed by atoms with Crippen LogP contribution in [0.25, 0.3) is 0 Å². The van der Waals surface area contributed by atoms with Crippen LogP contribution in [0.1, 0.15) is 43.4 Å². The quantitative estimate of drug-likeness (QED) is 0.315. The van der Waals surface area contributed by atoms with E-state index in [9.17, 15) is 15.0 Å². The number of hydrogen-bond donors (Lipinski definition) is 5. The number of carbonyl (C=O) groups is 1. The van der Waals surface area contributed by atoms with Gasteiger partial charge in [-0.1, -0.05) is 0 Å². The SMILES string of the molecule is CCOc1cc(OC2CCCC2O)cc(C(Nc2ccc(C(=N)N)cc2)C(=O)O)c1. The third-order valence-electron chi connectivity index (χ3n) is 5.01. The van der Waals surface area contributed by atoms with E-state index in [2.05, 4.69) is 5.32 Å². The van der Waals surface area contributed by atoms with Gasteiger partial charge in [0.15, 0.2) is 6.04 Å². The number of hydrogen-bond acceptors (Lipinski definition) is 6. The number of ether oxygens (including phenoxy) is 2. The first-order valence-corrected chi connectivity index (χ1v) is 9.93. The lowest BCUT2D eigenvalue weighted by atomic mass is 10.0. The first-order valence-electron chi connectivity index (χ1n) is 9.93. The van der Waals surface area contributed by atoms with Gasteiger partial charge in [-0.3, -0.25) is 5.41 Å². The van der Waals surface area contributed by atoms with Crippen LogP contribution in [-0.4, -0.2) is 40.8 Å². The predicted octanol–water partition coefficient (Wildman–Crippen LogP) is 2.90. The minimum Gasteiger partial charge on any atom is -0.494 e. The zero-order valence-electron chi connectivity index (χ0n) is 16.8. The van der Waals surface area contributed by atoms with E-state index in [-0.39, 0.29) is 11.9 Å². The Hall–Kier alpha value is -3.26. The summed E-state index contributed by atoms with van der Waals surface area (Å²) in [5.74, 6) is -0.165. The highest BCUT2D eigenvalue weighted by molar-refractivity contribution is 5.95. The maximum atomic E-state index is 12.0. The summed E-state index contributed by atoms with van der Waals surface area (Å²) in [6.45, 7) is 2.27. The summed E-state index contributed by atoms with van der Waals surface area (Å²) in [5.41, 5.74) is 7.05. The van der Waals surface area contributed by atoms with E-state index < -0.39 is 18.1 Å². The molecular formula is C22H27N3O5. The Morgan fingerprint density at radius 1 is 1.23 bits per heavy atom. The molecule has 6 N–H and O–H groups in total. The number of aliphatic hydroxyl groups is 1. The van der Waals surface area contributed by atoms with Gasteiger partial charge in [-0.05, 0) is 68.1 Å². The van der Waals surface area contributed by atoms with Crippen LogP contribution >= 0.6 is 0 Å². The second-order valence-corrected chi connectivity index (χ2v) is 7.23. The van der Waals surface area contributed by atoms with E-state index in [0.717, 1.165) is 12.8 Å². The third-order valence-corrected chi connectivity index (χ3v) is 5.01. The highest BCUT2D eigenvalue weighted by Gasteiger charge is 2.28. The van der Waals surface area contributed by atoms with Gasteiger partial charge in [0, 0.05) is 17.3 Å². The molecule has 30 heavy (non-hydrogen) atoms. The number of anilines is 1. The molecule has 0 spiro atoms. The van der Waals surface area contributed by atoms with Crippen LogP contribution < -0.4 is 20.5 Å². The van der Waals surface area contributed by atoms with Crippen molar-refractivity contribution >= 4 is 17.5 Å². The van der Waals surface area contributed by atoms with Crippen LogP contribution in [0.3, 0.4) is 0 Å². The largest absolute Gasteiger partial charge is 0.494 e. The normalized spacial score (nSPS) is 19.1. The minimum absolute atomic E-state index is 0.0587. The number of aliphatic carboxylic acids is 1. The number of benzene rings is 2. The van der Waals surface area contributed by atoms with Crippen molar-refractivity contribution < 1.29 is 24.5 Å². The summed E-state index contributed by atoms with van der Waals surface area (Å²) in [6, 6.07) is 10.6. The summed E-state index contributed by atoms with van der Waals surface area (Å²) < 4.78 is 11.5. The highest BCUT2D eigenvalue weighted by Crippen LogP contribution is 2.32. The number of nitrogen functional groups attached to an aromatic ring is 1. The summed E-state index contributed by atoms with van der Waals surface area (Å²) >= 11 is 0. The molecule has 0 bridgehead atoms. The van der Waals surface area contributed by atoms with Crippen LogP contribution in [0, 0.1) is 5.41 Å². The van der Waals surface area contributed by atoms with Crippen molar-refractivity contribution in [3.63, 3.8) is 0 Å². The number of nitrogens with two attached hydrogens (primary N) is 1. The second-order valence-electron chi connectivity index (χ2n) is 7.23. The standard InChI is InChI=1S/C22H27N3O5/c1-2-29-16-10-14(11-17(12-16)30-19-5-3-4-18(19)26)20(22(27)28)25-15-8-6-13(7-9-15)21(23)24/h6-12,18-20,25-26H,2-5H2,1H3,(H3,23,24)(H,27,28). The molecule has 0 radical (unpaired) electrons. The molecule has 1 saturated carbocycles. The predicted molar refractivity (Wildman–Crippen MR) is 113 cm³/mol. The molecule has 8 nitrogen and oxygen atoms in total. The molecule has 3 atom stereocenters. The zero-order valence-corrected chi connectivity index (χ0v) is 16.8. The molecule has 8 heteroatoms. The van der Waals surface area contributed by atoms with E-state index in [1.807, 2.05) is 6.92 Å². The van der Waals surface area contributed by atoms with E-state index in [0.29, 0.717) is 41.3 Å². The van der Waals surface area contributed by atoms with Crippen molar-refractivity contribution in [1.82, 2.24) is 0 Å². The first kappa shape index (κ1) is 21.4. The highest BCUT2D eigenvalue weighted by atomic mass is 16.5. The van der Waals surface area contributed by atoms with E-state index in [1.54, 1.807) is 42.5 Å². The fourth-order valence-corrected chi connectivity index (χ4v) is 3.50. The van der Waals surface area contributed by atoms with Gasteiger partial charge in [-0.2, -0.15) is 0 Å². The van der Waals surface area contributed by atoms with Crippen LogP contribution in [0.2, 0.25) is 0 Å². The zero-order chi connectivity index (χ0) is 21.7. The molecule has 0 saturated heterocycles. The number of carboxylic acids is 1. The van der Waals surface area contributed by atoms with Gasteiger partial charge in [0.2, 0.25) is 0 Å². The molecule has 1 aliphatic rings. The molecule has 0 aromatic heterocycles. The Bertz CT molecular complexity index is 900. The minimum atomic E-state index is -1.06. The van der Waals surface area contributed by atoms with Crippen molar-refractivity contribution in [3.8, 4) is 11.5 Å². The van der Waals surface area contributed by atoms with Gasteiger partial charge in [-0.15, -0.1) is 0 Å². The lowest BCUT2D eigenvalue weighted by Crippen LogP contribution is -2.26. The van der Waals surface area contributed by atoms with Crippen molar-refractivity contribution in [1.29, 1.82) is 5.41 Å². The smallest absolute Gasteiger partial charge is 0.330 e. The topological polar surface area (TPSA) is 138 Å². The molecular weight excluding hydrogens is 386 g/mol. The van der Waals surface area contributed by atoms with Gasteiger partial charge in [0.25, 0.3) is 0 Å². The average molecular weight is 413 g/mol. The van der Waals surface area contributed by atoms with E-state index in [1.165, 1.54) is 0 Å². The maximum absolute atomic E-state index is 12.0. The summed E-state index contributed by atoms with van der Waals surface area (Å²) in [5, 5.41) is 30.3. The van der Waals surface area contributed by atoms with Gasteiger partial charge in [0.1, 0.15) is 23.4 Å². The van der Waals surface area contributed by atoms with E-state index >= 15 is 0 Å². The van der Waals surface area contributed by atoms with E-state index in [4.69, 9.17) is 20.6 Å². The molecule has 160 valence electrons. The average Bonchev–Trinajstić information content (AvgIpc) is 3.10. The number of aliphatic hydroxyl groups excluding tert-OH is 1. The Morgan fingerprint density at radius 2 is 1.93 bits per heavy atom. The fourth-order valence-electron chi connectivity index (χ4n) is 3.50. The lowest BCUT2D eigenvalue weighted by molar-refractivity contribution is -0.138. The molecule has 1 fully saturated rings. The molecule has 0 amide bonds. The van der Waals surface area contributed by atoms with Gasteiger partial charge >= 0.3 is 5.97 Å². The Kier molecular flexibility index (Phi) is 6.79. The Labute approximate surface area is 175 Å². The molecule has 0 aliphatic heterocycles. The molecule has 3 rings (SSSR count). The van der Waals surface area contributed by atoms with Gasteiger partial charge < -0.3 is 30.7 Å². The number of amidine groups is 1. The van der Waals surface area contributed by atoms with Crippen molar-refractivity contribution in [2.24, 2.45) is 5.73 Å². The molecule has 2 aromatic carbocycles. The van der Waals surface area contributed by atoms with Gasteiger partial charge in [0.05, 0.1) is 12.7 Å². The molecule has 0 heterocycles. The first-order chi connectivity index (χ1) is 14.4. The summed E-state index contributed by atoms with van der Waals surface area (Å²) in [4.78, 5) is 12.0. The fraction of sp³-hybridized carbons (Fsp3) is 0.364. The summed E-state index contributed by atoms with van der Waals surface area (Å²) in [6.07, 6.45) is 1.48. The lowest BCUT2D eigenvalue weighted by Gasteiger charge is -2.21.